The lowest BCUT2D eigenvalue weighted by Gasteiger charge is -2.48. The Hall–Kier alpha value is -2.05. The van der Waals surface area contributed by atoms with Gasteiger partial charge in [-0.1, -0.05) is 30.7 Å². The van der Waals surface area contributed by atoms with Crippen LogP contribution in [0.1, 0.15) is 69.9 Å². The molecule has 6 nitrogen and oxygen atoms in total. The lowest BCUT2D eigenvalue weighted by Crippen LogP contribution is -2.58. The molecule has 1 aromatic carbocycles. The van der Waals surface area contributed by atoms with Gasteiger partial charge < -0.3 is 15.2 Å². The van der Waals surface area contributed by atoms with Gasteiger partial charge in [0, 0.05) is 30.5 Å². The minimum absolute atomic E-state index is 0.0957. The lowest BCUT2D eigenvalue weighted by molar-refractivity contribution is -0.145. The SMILES string of the molecule is CC1(CCc2ccc([C@]3(C)NC(=O)N(C4CCOCC4)C=C3C3CC(C(=O)O)C3)cc2Cl)CC1. The maximum atomic E-state index is 13.3. The monoisotopic (exact) mass is 486 g/mol. The number of nitrogens with zero attached hydrogens (tertiary/aromatic N) is 1. The van der Waals surface area contributed by atoms with Crippen molar-refractivity contribution in [1.82, 2.24) is 10.2 Å². The first-order valence-electron chi connectivity index (χ1n) is 12.6. The van der Waals surface area contributed by atoms with Gasteiger partial charge in [0.2, 0.25) is 0 Å². The van der Waals surface area contributed by atoms with E-state index in [2.05, 4.69) is 24.4 Å². The molecule has 7 heteroatoms. The molecule has 2 heterocycles. The van der Waals surface area contributed by atoms with Crippen LogP contribution in [0.5, 0.6) is 0 Å². The highest BCUT2D eigenvalue weighted by atomic mass is 35.5. The number of carbonyl (C=O) groups is 2. The van der Waals surface area contributed by atoms with Gasteiger partial charge in [-0.2, -0.15) is 0 Å². The van der Waals surface area contributed by atoms with E-state index < -0.39 is 11.5 Å². The van der Waals surface area contributed by atoms with Gasteiger partial charge in [0.1, 0.15) is 0 Å². The number of amides is 2. The molecule has 2 amide bonds. The molecule has 1 aromatic rings. The fraction of sp³-hybridized carbons (Fsp3) is 0.630. The normalized spacial score (nSPS) is 30.9. The predicted octanol–water partition coefficient (Wildman–Crippen LogP) is 5.49. The molecule has 34 heavy (non-hydrogen) atoms. The van der Waals surface area contributed by atoms with Crippen molar-refractivity contribution in [2.24, 2.45) is 17.3 Å². The Bertz CT molecular complexity index is 1010. The third-order valence-electron chi connectivity index (χ3n) is 8.69. The highest BCUT2D eigenvalue weighted by molar-refractivity contribution is 6.31. The molecule has 0 bridgehead atoms. The summed E-state index contributed by atoms with van der Waals surface area (Å²) in [5.74, 6) is -0.946. The minimum Gasteiger partial charge on any atom is -0.481 e. The van der Waals surface area contributed by atoms with E-state index >= 15 is 0 Å². The predicted molar refractivity (Wildman–Crippen MR) is 131 cm³/mol. The summed E-state index contributed by atoms with van der Waals surface area (Å²) >= 11 is 6.75. The fourth-order valence-corrected chi connectivity index (χ4v) is 5.98. The average Bonchev–Trinajstić information content (AvgIpc) is 3.51. The van der Waals surface area contributed by atoms with Crippen LogP contribution >= 0.6 is 11.6 Å². The van der Waals surface area contributed by atoms with Crippen molar-refractivity contribution in [3.63, 3.8) is 0 Å². The number of aryl methyl sites for hydroxylation is 1. The molecule has 0 unspecified atom stereocenters. The molecular formula is C27H35ClN2O4. The van der Waals surface area contributed by atoms with Gasteiger partial charge in [-0.15, -0.1) is 0 Å². The smallest absolute Gasteiger partial charge is 0.322 e. The zero-order valence-electron chi connectivity index (χ0n) is 20.1. The van der Waals surface area contributed by atoms with Gasteiger partial charge in [0.15, 0.2) is 0 Å². The largest absolute Gasteiger partial charge is 0.481 e. The zero-order chi connectivity index (χ0) is 24.1. The Kier molecular flexibility index (Phi) is 6.18. The van der Waals surface area contributed by atoms with Crippen molar-refractivity contribution < 1.29 is 19.4 Å². The van der Waals surface area contributed by atoms with E-state index in [0.29, 0.717) is 31.5 Å². The first kappa shape index (κ1) is 23.7. The number of ether oxygens (including phenoxy) is 1. The summed E-state index contributed by atoms with van der Waals surface area (Å²) in [6.07, 6.45) is 9.49. The number of halogens is 1. The highest BCUT2D eigenvalue weighted by Crippen LogP contribution is 2.50. The summed E-state index contributed by atoms with van der Waals surface area (Å²) in [7, 11) is 0. The summed E-state index contributed by atoms with van der Waals surface area (Å²) < 4.78 is 5.49. The Morgan fingerprint density at radius 2 is 1.94 bits per heavy atom. The quantitative estimate of drug-likeness (QED) is 0.534. The number of aliphatic carboxylic acids is 1. The van der Waals surface area contributed by atoms with Crippen LogP contribution in [-0.2, 0) is 21.5 Å². The zero-order valence-corrected chi connectivity index (χ0v) is 20.9. The number of carboxylic acid groups (broad SMARTS) is 1. The van der Waals surface area contributed by atoms with E-state index in [-0.39, 0.29) is 23.9 Å². The van der Waals surface area contributed by atoms with Crippen LogP contribution in [0.3, 0.4) is 0 Å². The molecule has 0 aromatic heterocycles. The van der Waals surface area contributed by atoms with Crippen molar-refractivity contribution in [3.8, 4) is 0 Å². The molecule has 2 aliphatic carbocycles. The van der Waals surface area contributed by atoms with Crippen LogP contribution in [-0.4, -0.2) is 41.3 Å². The molecule has 2 aliphatic heterocycles. The fourth-order valence-electron chi connectivity index (χ4n) is 5.71. The standard InChI is InChI=1S/C27H35ClN2O4/c1-26(9-10-26)8-5-17-3-4-20(15-23(17)28)27(2)22(18-13-19(14-18)24(31)32)16-30(25(33)29-27)21-6-11-34-12-7-21/h3-4,15-16,18-19,21H,5-14H2,1-2H3,(H,29,33)(H,31,32)/t18?,19?,27-/m0/s1. The van der Waals surface area contributed by atoms with Crippen LogP contribution in [0.15, 0.2) is 30.0 Å². The molecule has 0 spiro atoms. The van der Waals surface area contributed by atoms with E-state index in [4.69, 9.17) is 16.3 Å². The number of hydrogen-bond donors (Lipinski definition) is 2. The number of benzene rings is 1. The van der Waals surface area contributed by atoms with Crippen LogP contribution in [0, 0.1) is 17.3 Å². The number of rotatable bonds is 7. The summed E-state index contributed by atoms with van der Waals surface area (Å²) in [6.45, 7) is 5.66. The molecule has 0 radical (unpaired) electrons. The van der Waals surface area contributed by atoms with E-state index in [1.807, 2.05) is 24.1 Å². The Morgan fingerprint density at radius 3 is 2.56 bits per heavy atom. The molecule has 2 saturated carbocycles. The summed E-state index contributed by atoms with van der Waals surface area (Å²) in [6, 6.07) is 6.16. The van der Waals surface area contributed by atoms with Crippen molar-refractivity contribution in [1.29, 1.82) is 0 Å². The number of urea groups is 1. The lowest BCUT2D eigenvalue weighted by atomic mass is 9.65. The highest BCUT2D eigenvalue weighted by Gasteiger charge is 2.48. The molecule has 2 N–H and O–H groups in total. The molecular weight excluding hydrogens is 452 g/mol. The second-order valence-corrected chi connectivity index (χ2v) is 11.6. The van der Waals surface area contributed by atoms with Gasteiger partial charge in [-0.25, -0.2) is 4.79 Å². The average molecular weight is 487 g/mol. The van der Waals surface area contributed by atoms with Gasteiger partial charge in [0.05, 0.1) is 11.5 Å². The van der Waals surface area contributed by atoms with Crippen molar-refractivity contribution >= 4 is 23.6 Å². The first-order valence-corrected chi connectivity index (χ1v) is 13.0. The summed E-state index contributed by atoms with van der Waals surface area (Å²) in [5, 5.41) is 13.5. The molecule has 1 atom stereocenters. The minimum atomic E-state index is -0.739. The molecule has 184 valence electrons. The number of nitrogens with one attached hydrogen (secondary N) is 1. The molecule has 4 aliphatic rings. The van der Waals surface area contributed by atoms with Crippen molar-refractivity contribution in [2.75, 3.05) is 13.2 Å². The Labute approximate surface area is 206 Å². The summed E-state index contributed by atoms with van der Waals surface area (Å²) in [5.41, 5.74) is 2.92. The maximum Gasteiger partial charge on any atom is 0.322 e. The van der Waals surface area contributed by atoms with E-state index in [9.17, 15) is 14.7 Å². The van der Waals surface area contributed by atoms with Crippen LogP contribution in [0.25, 0.3) is 0 Å². The van der Waals surface area contributed by atoms with Crippen LogP contribution < -0.4 is 5.32 Å². The van der Waals surface area contributed by atoms with E-state index in [0.717, 1.165) is 47.4 Å². The van der Waals surface area contributed by atoms with Crippen LogP contribution in [0.2, 0.25) is 5.02 Å². The summed E-state index contributed by atoms with van der Waals surface area (Å²) in [4.78, 5) is 26.6. The number of carbonyl (C=O) groups excluding carboxylic acids is 1. The van der Waals surface area contributed by atoms with Gasteiger partial charge in [0.25, 0.3) is 0 Å². The van der Waals surface area contributed by atoms with E-state index in [1.54, 1.807) is 0 Å². The second-order valence-electron chi connectivity index (χ2n) is 11.2. The van der Waals surface area contributed by atoms with Gasteiger partial charge in [-0.05, 0) is 92.4 Å². The van der Waals surface area contributed by atoms with Crippen molar-refractivity contribution in [3.05, 3.63) is 46.1 Å². The number of carboxylic acids is 1. The topological polar surface area (TPSA) is 78.9 Å². The Morgan fingerprint density at radius 1 is 1.24 bits per heavy atom. The molecule has 3 fully saturated rings. The molecule has 1 saturated heterocycles. The van der Waals surface area contributed by atoms with Gasteiger partial charge in [-0.3, -0.25) is 9.69 Å². The molecule has 5 rings (SSSR count). The maximum absolute atomic E-state index is 13.3. The van der Waals surface area contributed by atoms with Crippen molar-refractivity contribution in [2.45, 2.75) is 76.8 Å². The number of hydrogen-bond acceptors (Lipinski definition) is 3. The van der Waals surface area contributed by atoms with Gasteiger partial charge >= 0.3 is 12.0 Å². The Balaban J connectivity index is 1.44. The third-order valence-corrected chi connectivity index (χ3v) is 9.04. The van der Waals surface area contributed by atoms with E-state index in [1.165, 1.54) is 12.8 Å². The third kappa shape index (κ3) is 4.47. The second kappa shape index (κ2) is 8.87. The van der Waals surface area contributed by atoms with Crippen LogP contribution in [0.4, 0.5) is 4.79 Å². The first-order chi connectivity index (χ1) is 16.2.